The molecule has 1 aliphatic rings. The summed E-state index contributed by atoms with van der Waals surface area (Å²) in [6.07, 6.45) is 3.39. The van der Waals surface area contributed by atoms with Crippen molar-refractivity contribution >= 4 is 35.0 Å². The summed E-state index contributed by atoms with van der Waals surface area (Å²) in [4.78, 5) is 14.2. The van der Waals surface area contributed by atoms with Crippen LogP contribution in [-0.2, 0) is 18.4 Å². The zero-order valence-electron chi connectivity index (χ0n) is 15.4. The molecular weight excluding hydrogens is 376 g/mol. The fraction of sp³-hybridized carbons (Fsp3) is 0.150. The predicted octanol–water partition coefficient (Wildman–Crippen LogP) is 3.16. The molecule has 28 heavy (non-hydrogen) atoms. The third-order valence-electron chi connectivity index (χ3n) is 4.20. The maximum absolute atomic E-state index is 12.8. The Labute approximate surface area is 167 Å². The highest BCUT2D eigenvalue weighted by molar-refractivity contribution is 7.80. The number of nitrogens with zero attached hydrogens (tertiary/aromatic N) is 3. The molecule has 1 saturated heterocycles. The second-order valence-electron chi connectivity index (χ2n) is 6.31. The molecule has 2 aromatic heterocycles. The highest BCUT2D eigenvalue weighted by atomic mass is 32.1. The van der Waals surface area contributed by atoms with Gasteiger partial charge in [0.05, 0.1) is 11.4 Å². The van der Waals surface area contributed by atoms with Crippen molar-refractivity contribution in [2.45, 2.75) is 13.5 Å². The number of aryl methyl sites for hydroxylation is 2. The molecule has 3 aromatic rings. The van der Waals surface area contributed by atoms with Crippen LogP contribution in [0.5, 0.6) is 5.75 Å². The third kappa shape index (κ3) is 3.54. The lowest BCUT2D eigenvalue weighted by molar-refractivity contribution is -0.113. The van der Waals surface area contributed by atoms with E-state index in [0.717, 1.165) is 11.4 Å². The van der Waals surface area contributed by atoms with Gasteiger partial charge < -0.3 is 14.5 Å². The normalized spacial score (nSPS) is 15.4. The van der Waals surface area contributed by atoms with Crippen LogP contribution in [0.2, 0.25) is 0 Å². The SMILES string of the molecule is Cc1nn(C)cc1N1C(=O)/C(=C\c2ccc(COc3ccccc3)o2)NC1=S. The maximum atomic E-state index is 12.8. The van der Waals surface area contributed by atoms with E-state index in [1.54, 1.807) is 30.1 Å². The number of aromatic nitrogens is 2. The molecule has 0 aliphatic carbocycles. The summed E-state index contributed by atoms with van der Waals surface area (Å²) < 4.78 is 13.1. The highest BCUT2D eigenvalue weighted by Gasteiger charge is 2.34. The molecule has 0 saturated carbocycles. The van der Waals surface area contributed by atoms with Gasteiger partial charge in [-0.05, 0) is 43.4 Å². The highest BCUT2D eigenvalue weighted by Crippen LogP contribution is 2.25. The van der Waals surface area contributed by atoms with Gasteiger partial charge in [0.15, 0.2) is 5.11 Å². The van der Waals surface area contributed by atoms with E-state index in [0.29, 0.717) is 34.6 Å². The van der Waals surface area contributed by atoms with Crippen LogP contribution in [0.4, 0.5) is 5.69 Å². The monoisotopic (exact) mass is 394 g/mol. The largest absolute Gasteiger partial charge is 0.486 e. The molecule has 8 heteroatoms. The lowest BCUT2D eigenvalue weighted by Crippen LogP contribution is -2.30. The summed E-state index contributed by atoms with van der Waals surface area (Å²) in [5.41, 5.74) is 1.72. The molecule has 1 fully saturated rings. The number of nitrogens with one attached hydrogen (secondary N) is 1. The second-order valence-corrected chi connectivity index (χ2v) is 6.69. The van der Waals surface area contributed by atoms with Crippen molar-refractivity contribution in [2.24, 2.45) is 7.05 Å². The van der Waals surface area contributed by atoms with Crippen molar-refractivity contribution < 1.29 is 13.9 Å². The number of rotatable bonds is 5. The molecule has 0 bridgehead atoms. The topological polar surface area (TPSA) is 72.5 Å². The van der Waals surface area contributed by atoms with Crippen LogP contribution in [-0.4, -0.2) is 20.8 Å². The standard InChI is InChI=1S/C20H18N4O3S/c1-13-18(11-23(2)22-13)24-19(25)17(21-20(24)28)10-15-8-9-16(27-15)12-26-14-6-4-3-5-7-14/h3-11H,12H2,1-2H3,(H,21,28)/b17-10+. The van der Waals surface area contributed by atoms with Gasteiger partial charge in [0.2, 0.25) is 0 Å². The number of furan rings is 1. The van der Waals surface area contributed by atoms with Gasteiger partial charge in [-0.25, -0.2) is 4.90 Å². The van der Waals surface area contributed by atoms with Crippen molar-refractivity contribution in [1.82, 2.24) is 15.1 Å². The van der Waals surface area contributed by atoms with Gasteiger partial charge >= 0.3 is 0 Å². The number of anilines is 1. The van der Waals surface area contributed by atoms with Crippen molar-refractivity contribution in [3.8, 4) is 5.75 Å². The zero-order valence-corrected chi connectivity index (χ0v) is 16.2. The first kappa shape index (κ1) is 18.0. The first-order valence-electron chi connectivity index (χ1n) is 8.65. The van der Waals surface area contributed by atoms with E-state index in [1.165, 1.54) is 4.90 Å². The second kappa shape index (κ2) is 7.32. The molecule has 1 amide bonds. The first-order chi connectivity index (χ1) is 13.5. The summed E-state index contributed by atoms with van der Waals surface area (Å²) in [6.45, 7) is 2.13. The third-order valence-corrected chi connectivity index (χ3v) is 4.48. The Morgan fingerprint density at radius 1 is 1.25 bits per heavy atom. The number of para-hydroxylation sites is 1. The predicted molar refractivity (Wildman–Crippen MR) is 109 cm³/mol. The molecule has 0 spiro atoms. The van der Waals surface area contributed by atoms with E-state index in [9.17, 15) is 4.79 Å². The Hall–Kier alpha value is -3.39. The zero-order chi connectivity index (χ0) is 19.7. The van der Waals surface area contributed by atoms with E-state index in [-0.39, 0.29) is 5.91 Å². The van der Waals surface area contributed by atoms with E-state index >= 15 is 0 Å². The first-order valence-corrected chi connectivity index (χ1v) is 9.06. The number of ether oxygens (including phenoxy) is 1. The van der Waals surface area contributed by atoms with Crippen LogP contribution in [0.1, 0.15) is 17.2 Å². The molecular formula is C20H18N4O3S. The number of hydrogen-bond acceptors (Lipinski definition) is 5. The summed E-state index contributed by atoms with van der Waals surface area (Å²) in [7, 11) is 1.80. The van der Waals surface area contributed by atoms with Crippen LogP contribution < -0.4 is 15.0 Å². The van der Waals surface area contributed by atoms with Crippen molar-refractivity contribution in [2.75, 3.05) is 4.90 Å². The average molecular weight is 394 g/mol. The number of hydrogen-bond donors (Lipinski definition) is 1. The Morgan fingerprint density at radius 2 is 2.04 bits per heavy atom. The molecule has 4 rings (SSSR count). The minimum atomic E-state index is -0.250. The van der Waals surface area contributed by atoms with Gasteiger partial charge in [0.25, 0.3) is 5.91 Å². The van der Waals surface area contributed by atoms with Crippen molar-refractivity contribution in [1.29, 1.82) is 0 Å². The van der Waals surface area contributed by atoms with Gasteiger partial charge in [-0.15, -0.1) is 0 Å². The molecule has 0 unspecified atom stereocenters. The lowest BCUT2D eigenvalue weighted by atomic mass is 10.3. The summed E-state index contributed by atoms with van der Waals surface area (Å²) in [6, 6.07) is 13.1. The number of amides is 1. The number of thiocarbonyl (C=S) groups is 1. The number of carbonyl (C=O) groups is 1. The van der Waals surface area contributed by atoms with E-state index < -0.39 is 0 Å². The van der Waals surface area contributed by atoms with Gasteiger partial charge in [0, 0.05) is 19.3 Å². The van der Waals surface area contributed by atoms with Gasteiger partial charge in [-0.3, -0.25) is 9.48 Å². The average Bonchev–Trinajstić information content (AvgIpc) is 3.33. The quantitative estimate of drug-likeness (QED) is 0.529. The number of benzene rings is 1. The molecule has 7 nitrogen and oxygen atoms in total. The van der Waals surface area contributed by atoms with E-state index in [1.807, 2.05) is 43.3 Å². The molecule has 142 valence electrons. The smallest absolute Gasteiger partial charge is 0.281 e. The molecule has 1 aliphatic heterocycles. The molecule has 0 atom stereocenters. The molecule has 3 heterocycles. The van der Waals surface area contributed by atoms with Crippen LogP contribution in [0.15, 0.2) is 58.8 Å². The Kier molecular flexibility index (Phi) is 4.70. The van der Waals surface area contributed by atoms with Crippen molar-refractivity contribution in [3.05, 3.63) is 71.6 Å². The van der Waals surface area contributed by atoms with Crippen LogP contribution in [0.3, 0.4) is 0 Å². The fourth-order valence-electron chi connectivity index (χ4n) is 2.92. The van der Waals surface area contributed by atoms with Crippen molar-refractivity contribution in [3.63, 3.8) is 0 Å². The Balaban J connectivity index is 1.49. The Bertz CT molecular complexity index is 1070. The summed E-state index contributed by atoms with van der Waals surface area (Å²) in [5.74, 6) is 1.71. The molecule has 0 radical (unpaired) electrons. The van der Waals surface area contributed by atoms with E-state index in [2.05, 4.69) is 10.4 Å². The van der Waals surface area contributed by atoms with Crippen LogP contribution in [0, 0.1) is 6.92 Å². The van der Waals surface area contributed by atoms with Crippen LogP contribution in [0.25, 0.3) is 6.08 Å². The molecule has 1 N–H and O–H groups in total. The summed E-state index contributed by atoms with van der Waals surface area (Å²) in [5, 5.41) is 7.52. The maximum Gasteiger partial charge on any atom is 0.281 e. The van der Waals surface area contributed by atoms with Gasteiger partial charge in [0.1, 0.15) is 29.6 Å². The van der Waals surface area contributed by atoms with Gasteiger partial charge in [-0.1, -0.05) is 18.2 Å². The fourth-order valence-corrected chi connectivity index (χ4v) is 3.21. The molecule has 1 aromatic carbocycles. The minimum absolute atomic E-state index is 0.250. The number of carbonyl (C=O) groups excluding carboxylic acids is 1. The minimum Gasteiger partial charge on any atom is -0.486 e. The lowest BCUT2D eigenvalue weighted by Gasteiger charge is -2.11. The van der Waals surface area contributed by atoms with Gasteiger partial charge in [-0.2, -0.15) is 5.10 Å². The summed E-state index contributed by atoms with van der Waals surface area (Å²) >= 11 is 5.33. The van der Waals surface area contributed by atoms with Crippen LogP contribution >= 0.6 is 12.2 Å². The van der Waals surface area contributed by atoms with E-state index in [4.69, 9.17) is 21.4 Å². The Morgan fingerprint density at radius 3 is 2.75 bits per heavy atom.